The fourth-order valence-electron chi connectivity index (χ4n) is 2.67. The van der Waals surface area contributed by atoms with Crippen molar-refractivity contribution in [3.8, 4) is 0 Å². The molecule has 0 atom stereocenters. The minimum absolute atomic E-state index is 0.346. The van der Waals surface area contributed by atoms with E-state index in [0.29, 0.717) is 18.0 Å². The van der Waals surface area contributed by atoms with Crippen LogP contribution in [0.5, 0.6) is 0 Å². The lowest BCUT2D eigenvalue weighted by molar-refractivity contribution is 0.602. The second kappa shape index (κ2) is 10.1. The van der Waals surface area contributed by atoms with Crippen LogP contribution in [0.25, 0.3) is 0 Å². The van der Waals surface area contributed by atoms with Crippen LogP contribution < -0.4 is 15.5 Å². The first-order chi connectivity index (χ1) is 13.3. The van der Waals surface area contributed by atoms with Gasteiger partial charge in [0.2, 0.25) is 0 Å². The standard InChI is InChI=1S/C21H30N4O2S/c1-5-22-21(24-16-18-7-6-8-19(15-18)25(2)3)23-14-13-17-9-11-20(12-10-17)28(4,26)27/h6-12,15H,5,13-14,16H2,1-4H3,(H2,22,23,24). The predicted molar refractivity (Wildman–Crippen MR) is 117 cm³/mol. The number of nitrogens with one attached hydrogen (secondary N) is 2. The lowest BCUT2D eigenvalue weighted by Crippen LogP contribution is -2.38. The average Bonchev–Trinajstić information content (AvgIpc) is 2.66. The summed E-state index contributed by atoms with van der Waals surface area (Å²) in [5.41, 5.74) is 3.39. The zero-order chi connectivity index (χ0) is 20.6. The van der Waals surface area contributed by atoms with Crippen LogP contribution in [0.4, 0.5) is 5.69 Å². The van der Waals surface area contributed by atoms with Gasteiger partial charge in [-0.15, -0.1) is 0 Å². The van der Waals surface area contributed by atoms with Gasteiger partial charge < -0.3 is 15.5 Å². The average molecular weight is 403 g/mol. The summed E-state index contributed by atoms with van der Waals surface area (Å²) in [6, 6.07) is 15.3. The zero-order valence-electron chi connectivity index (χ0n) is 17.1. The minimum atomic E-state index is -3.15. The molecule has 7 heteroatoms. The van der Waals surface area contributed by atoms with E-state index in [-0.39, 0.29) is 0 Å². The van der Waals surface area contributed by atoms with Crippen LogP contribution in [0.1, 0.15) is 18.1 Å². The van der Waals surface area contributed by atoms with Gasteiger partial charge in [0.15, 0.2) is 15.8 Å². The monoisotopic (exact) mass is 402 g/mol. The van der Waals surface area contributed by atoms with Gasteiger partial charge in [0.1, 0.15) is 0 Å². The molecule has 0 saturated carbocycles. The van der Waals surface area contributed by atoms with Gasteiger partial charge in [0, 0.05) is 39.1 Å². The highest BCUT2D eigenvalue weighted by Crippen LogP contribution is 2.14. The smallest absolute Gasteiger partial charge is 0.191 e. The van der Waals surface area contributed by atoms with E-state index in [0.717, 1.165) is 35.7 Å². The van der Waals surface area contributed by atoms with E-state index in [9.17, 15) is 8.42 Å². The first kappa shape index (κ1) is 21.8. The molecule has 0 aromatic heterocycles. The summed E-state index contributed by atoms with van der Waals surface area (Å²) < 4.78 is 23.1. The summed E-state index contributed by atoms with van der Waals surface area (Å²) in [7, 11) is 0.898. The quantitative estimate of drug-likeness (QED) is 0.524. The second-order valence-electron chi connectivity index (χ2n) is 6.85. The number of rotatable bonds is 8. The Bertz CT molecular complexity index is 891. The number of benzene rings is 2. The van der Waals surface area contributed by atoms with Gasteiger partial charge in [-0.2, -0.15) is 0 Å². The van der Waals surface area contributed by atoms with Crippen LogP contribution in [0, 0.1) is 0 Å². The van der Waals surface area contributed by atoms with Crippen LogP contribution in [0.3, 0.4) is 0 Å². The Hall–Kier alpha value is -2.54. The molecule has 2 N–H and O–H groups in total. The number of sulfone groups is 1. The van der Waals surface area contributed by atoms with Crippen molar-refractivity contribution in [2.24, 2.45) is 4.99 Å². The molecule has 0 aliphatic heterocycles. The van der Waals surface area contributed by atoms with Gasteiger partial charge in [-0.25, -0.2) is 13.4 Å². The Kier molecular flexibility index (Phi) is 7.87. The molecule has 0 fully saturated rings. The highest BCUT2D eigenvalue weighted by atomic mass is 32.2. The van der Waals surface area contributed by atoms with Gasteiger partial charge in [0.25, 0.3) is 0 Å². The van der Waals surface area contributed by atoms with Crippen LogP contribution >= 0.6 is 0 Å². The summed E-state index contributed by atoms with van der Waals surface area (Å²) in [6.45, 7) is 4.13. The summed E-state index contributed by atoms with van der Waals surface area (Å²) in [4.78, 5) is 7.08. The normalized spacial score (nSPS) is 11.9. The molecule has 0 bridgehead atoms. The molecule has 2 aromatic rings. The van der Waals surface area contributed by atoms with Crippen molar-refractivity contribution in [3.63, 3.8) is 0 Å². The Morgan fingerprint density at radius 3 is 2.36 bits per heavy atom. The zero-order valence-corrected chi connectivity index (χ0v) is 17.9. The van der Waals surface area contributed by atoms with Gasteiger partial charge in [-0.1, -0.05) is 24.3 Å². The van der Waals surface area contributed by atoms with Gasteiger partial charge in [0.05, 0.1) is 11.4 Å². The molecular weight excluding hydrogens is 372 g/mol. The fourth-order valence-corrected chi connectivity index (χ4v) is 3.30. The van der Waals surface area contributed by atoms with Crippen LogP contribution in [-0.4, -0.2) is 47.8 Å². The molecule has 2 rings (SSSR count). The Morgan fingerprint density at radius 1 is 1.04 bits per heavy atom. The van der Waals surface area contributed by atoms with Crippen molar-refractivity contribution < 1.29 is 8.42 Å². The van der Waals surface area contributed by atoms with E-state index in [4.69, 9.17) is 0 Å². The molecular formula is C21H30N4O2S. The predicted octanol–water partition coefficient (Wildman–Crippen LogP) is 2.45. The molecule has 0 saturated heterocycles. The maximum absolute atomic E-state index is 11.5. The van der Waals surface area contributed by atoms with Crippen molar-refractivity contribution in [2.75, 3.05) is 38.3 Å². The lowest BCUT2D eigenvalue weighted by Gasteiger charge is -2.14. The number of nitrogens with zero attached hydrogens (tertiary/aromatic N) is 2. The molecule has 0 heterocycles. The van der Waals surface area contributed by atoms with Crippen molar-refractivity contribution in [1.82, 2.24) is 10.6 Å². The van der Waals surface area contributed by atoms with E-state index in [1.807, 2.05) is 39.2 Å². The topological polar surface area (TPSA) is 73.8 Å². The molecule has 0 aliphatic rings. The summed E-state index contributed by atoms with van der Waals surface area (Å²) in [5.74, 6) is 0.769. The molecule has 0 spiro atoms. The summed E-state index contributed by atoms with van der Waals surface area (Å²) in [5, 5.41) is 6.59. The summed E-state index contributed by atoms with van der Waals surface area (Å²) in [6.07, 6.45) is 2.00. The second-order valence-corrected chi connectivity index (χ2v) is 8.87. The molecule has 2 aromatic carbocycles. The number of guanidine groups is 1. The Morgan fingerprint density at radius 2 is 1.75 bits per heavy atom. The third kappa shape index (κ3) is 6.88. The van der Waals surface area contributed by atoms with E-state index >= 15 is 0 Å². The fraction of sp³-hybridized carbons (Fsp3) is 0.381. The maximum atomic E-state index is 11.5. The van der Waals surface area contributed by atoms with E-state index < -0.39 is 9.84 Å². The molecule has 0 aliphatic carbocycles. The third-order valence-corrected chi connectivity index (χ3v) is 5.38. The van der Waals surface area contributed by atoms with Crippen LogP contribution in [-0.2, 0) is 22.8 Å². The SMILES string of the molecule is CCNC(=NCc1cccc(N(C)C)c1)NCCc1ccc(S(C)(=O)=O)cc1. The van der Waals surface area contributed by atoms with Crippen LogP contribution in [0.2, 0.25) is 0 Å². The highest BCUT2D eigenvalue weighted by molar-refractivity contribution is 7.90. The highest BCUT2D eigenvalue weighted by Gasteiger charge is 2.06. The van der Waals surface area contributed by atoms with Crippen molar-refractivity contribution in [1.29, 1.82) is 0 Å². The Labute approximate surface area is 168 Å². The maximum Gasteiger partial charge on any atom is 0.191 e. The largest absolute Gasteiger partial charge is 0.378 e. The number of hydrogen-bond acceptors (Lipinski definition) is 4. The molecule has 0 unspecified atom stereocenters. The molecule has 6 nitrogen and oxygen atoms in total. The van der Waals surface area contributed by atoms with E-state index in [1.54, 1.807) is 12.1 Å². The Balaban J connectivity index is 1.93. The molecule has 152 valence electrons. The van der Waals surface area contributed by atoms with Crippen molar-refractivity contribution >= 4 is 21.5 Å². The first-order valence-corrected chi connectivity index (χ1v) is 11.3. The molecule has 0 radical (unpaired) electrons. The van der Waals surface area contributed by atoms with Crippen LogP contribution in [0.15, 0.2) is 58.4 Å². The van der Waals surface area contributed by atoms with E-state index in [1.165, 1.54) is 6.26 Å². The van der Waals surface area contributed by atoms with E-state index in [2.05, 4.69) is 38.7 Å². The van der Waals surface area contributed by atoms with Crippen molar-refractivity contribution in [3.05, 3.63) is 59.7 Å². The van der Waals surface area contributed by atoms with Gasteiger partial charge in [-0.3, -0.25) is 0 Å². The summed E-state index contributed by atoms with van der Waals surface area (Å²) >= 11 is 0. The number of aliphatic imine (C=N–C) groups is 1. The van der Waals surface area contributed by atoms with Gasteiger partial charge >= 0.3 is 0 Å². The van der Waals surface area contributed by atoms with Crippen molar-refractivity contribution in [2.45, 2.75) is 24.8 Å². The molecule has 0 amide bonds. The van der Waals surface area contributed by atoms with Gasteiger partial charge in [-0.05, 0) is 48.7 Å². The number of anilines is 1. The lowest BCUT2D eigenvalue weighted by atomic mass is 10.1. The number of hydrogen-bond donors (Lipinski definition) is 2. The molecule has 28 heavy (non-hydrogen) atoms. The minimum Gasteiger partial charge on any atom is -0.378 e. The first-order valence-electron chi connectivity index (χ1n) is 9.37. The third-order valence-electron chi connectivity index (χ3n) is 4.25.